The number of aryl methyl sites for hydroxylation is 1. The molecule has 1 N–H and O–H groups in total. The van der Waals surface area contributed by atoms with Crippen LogP contribution in [0.4, 0.5) is 10.5 Å². The summed E-state index contributed by atoms with van der Waals surface area (Å²) >= 11 is 3.46. The van der Waals surface area contributed by atoms with Crippen molar-refractivity contribution in [2.24, 2.45) is 7.05 Å². The van der Waals surface area contributed by atoms with Gasteiger partial charge in [-0.05, 0) is 28.1 Å². The molecule has 19 heavy (non-hydrogen) atoms. The molecular formula is C12H11BrN4O2. The van der Waals surface area contributed by atoms with E-state index in [9.17, 15) is 9.59 Å². The van der Waals surface area contributed by atoms with Crippen LogP contribution in [-0.4, -0.2) is 28.3 Å². The molecule has 0 aliphatic carbocycles. The number of benzene rings is 1. The highest BCUT2D eigenvalue weighted by Crippen LogP contribution is 2.31. The molecule has 1 aromatic carbocycles. The number of rotatable bonds is 1. The molecule has 2 aromatic rings. The minimum Gasteiger partial charge on any atom is -0.291 e. The minimum atomic E-state index is -0.398. The summed E-state index contributed by atoms with van der Waals surface area (Å²) in [6.07, 6.45) is 0.302. The van der Waals surface area contributed by atoms with Gasteiger partial charge in [-0.3, -0.25) is 19.7 Å². The van der Waals surface area contributed by atoms with Crippen LogP contribution in [0.1, 0.15) is 6.42 Å². The number of carbonyl (C=O) groups is 2. The normalized spacial score (nSPS) is 16.0. The van der Waals surface area contributed by atoms with Crippen LogP contribution in [-0.2, 0) is 11.8 Å². The molecule has 98 valence electrons. The standard InChI is InChI=1S/C12H11BrN4O2/c1-16-11(13)7-3-2-4-8(10(7)15-16)17-6-5-9(18)14-12(17)19/h2-4H,5-6H2,1H3,(H,14,18,19). The van der Waals surface area contributed by atoms with Crippen LogP contribution in [0.15, 0.2) is 22.8 Å². The summed E-state index contributed by atoms with van der Waals surface area (Å²) < 4.78 is 2.57. The van der Waals surface area contributed by atoms with Crippen molar-refractivity contribution in [1.82, 2.24) is 15.1 Å². The van der Waals surface area contributed by atoms with Gasteiger partial charge in [0.15, 0.2) is 0 Å². The molecule has 6 nitrogen and oxygen atoms in total. The Morgan fingerprint density at radius 2 is 2.16 bits per heavy atom. The van der Waals surface area contributed by atoms with Crippen molar-refractivity contribution in [2.45, 2.75) is 6.42 Å². The fraction of sp³-hybridized carbons (Fsp3) is 0.250. The van der Waals surface area contributed by atoms with E-state index in [1.54, 1.807) is 9.58 Å². The Morgan fingerprint density at radius 1 is 1.37 bits per heavy atom. The topological polar surface area (TPSA) is 67.2 Å². The molecule has 0 unspecified atom stereocenters. The van der Waals surface area contributed by atoms with E-state index in [2.05, 4.69) is 26.3 Å². The van der Waals surface area contributed by atoms with E-state index in [1.807, 2.05) is 25.2 Å². The summed E-state index contributed by atoms with van der Waals surface area (Å²) in [6, 6.07) is 5.24. The molecule has 0 saturated carbocycles. The number of nitrogens with zero attached hydrogens (tertiary/aromatic N) is 3. The zero-order chi connectivity index (χ0) is 13.6. The lowest BCUT2D eigenvalue weighted by Gasteiger charge is -2.26. The zero-order valence-electron chi connectivity index (χ0n) is 10.2. The molecule has 1 aliphatic heterocycles. The van der Waals surface area contributed by atoms with Crippen LogP contribution < -0.4 is 10.2 Å². The van der Waals surface area contributed by atoms with Crippen LogP contribution in [0, 0.1) is 0 Å². The maximum absolute atomic E-state index is 11.9. The van der Waals surface area contributed by atoms with Crippen molar-refractivity contribution in [3.63, 3.8) is 0 Å². The fourth-order valence-corrected chi connectivity index (χ4v) is 2.58. The average molecular weight is 323 g/mol. The highest BCUT2D eigenvalue weighted by Gasteiger charge is 2.26. The third-order valence-electron chi connectivity index (χ3n) is 3.12. The number of hydrogen-bond donors (Lipinski definition) is 1. The highest BCUT2D eigenvalue weighted by molar-refractivity contribution is 9.10. The van der Waals surface area contributed by atoms with Gasteiger partial charge in [0, 0.05) is 25.4 Å². The highest BCUT2D eigenvalue weighted by atomic mass is 79.9. The summed E-state index contributed by atoms with van der Waals surface area (Å²) in [5.74, 6) is -0.240. The Balaban J connectivity index is 2.13. The molecule has 1 fully saturated rings. The first kappa shape index (κ1) is 12.2. The van der Waals surface area contributed by atoms with Gasteiger partial charge < -0.3 is 0 Å². The number of anilines is 1. The minimum absolute atomic E-state index is 0.240. The van der Waals surface area contributed by atoms with Gasteiger partial charge in [-0.15, -0.1) is 0 Å². The van der Waals surface area contributed by atoms with Crippen LogP contribution in [0.3, 0.4) is 0 Å². The number of halogens is 1. The third kappa shape index (κ3) is 1.90. The van der Waals surface area contributed by atoms with Crippen LogP contribution in [0.2, 0.25) is 0 Å². The Morgan fingerprint density at radius 3 is 2.89 bits per heavy atom. The zero-order valence-corrected chi connectivity index (χ0v) is 11.8. The predicted molar refractivity (Wildman–Crippen MR) is 73.9 cm³/mol. The van der Waals surface area contributed by atoms with E-state index in [0.717, 1.165) is 15.5 Å². The Bertz CT molecular complexity index is 694. The van der Waals surface area contributed by atoms with Crippen molar-refractivity contribution in [3.05, 3.63) is 22.8 Å². The summed E-state index contributed by atoms with van der Waals surface area (Å²) in [7, 11) is 1.83. The Labute approximate surface area is 117 Å². The molecule has 2 heterocycles. The van der Waals surface area contributed by atoms with Crippen LogP contribution >= 0.6 is 15.9 Å². The second-order valence-electron chi connectivity index (χ2n) is 4.34. The summed E-state index contributed by atoms with van der Waals surface area (Å²) in [4.78, 5) is 24.6. The van der Waals surface area contributed by atoms with Gasteiger partial charge in [-0.1, -0.05) is 6.07 Å². The maximum atomic E-state index is 11.9. The number of carbonyl (C=O) groups excluding carboxylic acids is 2. The van der Waals surface area contributed by atoms with E-state index in [4.69, 9.17) is 0 Å². The molecule has 1 saturated heterocycles. The monoisotopic (exact) mass is 322 g/mol. The molecule has 0 spiro atoms. The molecule has 1 aromatic heterocycles. The second-order valence-corrected chi connectivity index (χ2v) is 5.09. The van der Waals surface area contributed by atoms with Gasteiger partial charge in [-0.2, -0.15) is 5.10 Å². The van der Waals surface area contributed by atoms with E-state index >= 15 is 0 Å². The number of aromatic nitrogens is 2. The fourth-order valence-electron chi connectivity index (χ4n) is 2.18. The maximum Gasteiger partial charge on any atom is 0.328 e. The van der Waals surface area contributed by atoms with Crippen molar-refractivity contribution < 1.29 is 9.59 Å². The van der Waals surface area contributed by atoms with Gasteiger partial charge in [-0.25, -0.2) is 4.79 Å². The van der Waals surface area contributed by atoms with E-state index < -0.39 is 6.03 Å². The largest absolute Gasteiger partial charge is 0.328 e. The van der Waals surface area contributed by atoms with Crippen molar-refractivity contribution >= 4 is 44.5 Å². The Hall–Kier alpha value is -1.89. The van der Waals surface area contributed by atoms with Gasteiger partial charge in [0.2, 0.25) is 5.91 Å². The number of urea groups is 1. The summed E-state index contributed by atoms with van der Waals surface area (Å²) in [5.41, 5.74) is 1.45. The molecule has 0 atom stereocenters. The Kier molecular flexibility index (Phi) is 2.78. The SMILES string of the molecule is Cn1nc2c(N3CCC(=O)NC3=O)cccc2c1Br. The number of hydrogen-bond acceptors (Lipinski definition) is 3. The van der Waals surface area contributed by atoms with Crippen LogP contribution in [0.5, 0.6) is 0 Å². The van der Waals surface area contributed by atoms with Crippen molar-refractivity contribution in [1.29, 1.82) is 0 Å². The molecule has 3 amide bonds. The smallest absolute Gasteiger partial charge is 0.291 e. The van der Waals surface area contributed by atoms with Crippen molar-refractivity contribution in [3.8, 4) is 0 Å². The molecular weight excluding hydrogens is 312 g/mol. The first-order chi connectivity index (χ1) is 9.08. The predicted octanol–water partition coefficient (Wildman–Crippen LogP) is 1.78. The van der Waals surface area contributed by atoms with Crippen molar-refractivity contribution in [2.75, 3.05) is 11.4 Å². The second kappa shape index (κ2) is 4.34. The molecule has 0 bridgehead atoms. The molecule has 0 radical (unpaired) electrons. The molecule has 7 heteroatoms. The summed E-state index contributed by atoms with van der Waals surface area (Å²) in [6.45, 7) is 0.373. The van der Waals surface area contributed by atoms with E-state index in [-0.39, 0.29) is 5.91 Å². The molecule has 1 aliphatic rings. The number of fused-ring (bicyclic) bond motifs is 1. The van der Waals surface area contributed by atoms with Gasteiger partial charge in [0.05, 0.1) is 5.69 Å². The third-order valence-corrected chi connectivity index (χ3v) is 4.06. The number of amides is 3. The van der Waals surface area contributed by atoms with Gasteiger partial charge >= 0.3 is 6.03 Å². The first-order valence-electron chi connectivity index (χ1n) is 5.80. The lowest BCUT2D eigenvalue weighted by atomic mass is 10.2. The number of nitrogens with one attached hydrogen (secondary N) is 1. The van der Waals surface area contributed by atoms with Gasteiger partial charge in [0.1, 0.15) is 10.1 Å². The van der Waals surface area contributed by atoms with Crippen LogP contribution in [0.25, 0.3) is 10.9 Å². The van der Waals surface area contributed by atoms with E-state index in [0.29, 0.717) is 18.7 Å². The van der Waals surface area contributed by atoms with Gasteiger partial charge in [0.25, 0.3) is 0 Å². The first-order valence-corrected chi connectivity index (χ1v) is 6.60. The average Bonchev–Trinajstić information content (AvgIpc) is 2.66. The number of imide groups is 1. The lowest BCUT2D eigenvalue weighted by Crippen LogP contribution is -2.49. The summed E-state index contributed by atoms with van der Waals surface area (Å²) in [5, 5.41) is 7.66. The molecule has 3 rings (SSSR count). The quantitative estimate of drug-likeness (QED) is 0.870. The lowest BCUT2D eigenvalue weighted by molar-refractivity contribution is -0.120. The van der Waals surface area contributed by atoms with E-state index in [1.165, 1.54) is 0 Å².